The molecule has 1 aromatic carbocycles. The number of anilines is 2. The molecule has 0 radical (unpaired) electrons. The summed E-state index contributed by atoms with van der Waals surface area (Å²) in [4.78, 5) is 19.1. The molecule has 0 bridgehead atoms. The lowest BCUT2D eigenvalue weighted by molar-refractivity contribution is 0.443. The van der Waals surface area contributed by atoms with E-state index in [1.165, 1.54) is 37.1 Å². The van der Waals surface area contributed by atoms with Crippen molar-refractivity contribution in [2.45, 2.75) is 38.0 Å². The Morgan fingerprint density at radius 3 is 2.88 bits per heavy atom. The van der Waals surface area contributed by atoms with E-state index in [1.54, 1.807) is 29.0 Å². The molecule has 0 spiro atoms. The van der Waals surface area contributed by atoms with Crippen LogP contribution in [0.3, 0.4) is 0 Å². The minimum absolute atomic E-state index is 0.592. The van der Waals surface area contributed by atoms with E-state index in [1.807, 2.05) is 17.6 Å². The fourth-order valence-electron chi connectivity index (χ4n) is 3.46. The number of thiazole rings is 2. The van der Waals surface area contributed by atoms with Crippen LogP contribution in [0.15, 0.2) is 30.0 Å². The molecule has 7 heteroatoms. The second kappa shape index (κ2) is 6.31. The fourth-order valence-corrected chi connectivity index (χ4v) is 5.25. The van der Waals surface area contributed by atoms with E-state index in [0.717, 1.165) is 32.1 Å². The minimum atomic E-state index is 0.592. The van der Waals surface area contributed by atoms with Gasteiger partial charge in [0, 0.05) is 11.6 Å². The fraction of sp³-hybridized carbons (Fsp3) is 0.333. The van der Waals surface area contributed by atoms with Crippen LogP contribution in [0.4, 0.5) is 11.5 Å². The van der Waals surface area contributed by atoms with E-state index in [-0.39, 0.29) is 0 Å². The number of aromatic nitrogens is 4. The van der Waals surface area contributed by atoms with Crippen molar-refractivity contribution < 1.29 is 0 Å². The summed E-state index contributed by atoms with van der Waals surface area (Å²) in [5.74, 6) is 1.38. The molecule has 5 nitrogen and oxygen atoms in total. The van der Waals surface area contributed by atoms with Gasteiger partial charge in [-0.3, -0.25) is 0 Å². The van der Waals surface area contributed by atoms with Crippen molar-refractivity contribution in [1.29, 1.82) is 0 Å². The van der Waals surface area contributed by atoms with Gasteiger partial charge in [0.25, 0.3) is 0 Å². The van der Waals surface area contributed by atoms with Crippen molar-refractivity contribution in [2.75, 3.05) is 5.32 Å². The normalized spacial score (nSPS) is 15.8. The molecule has 1 aliphatic rings. The van der Waals surface area contributed by atoms with Crippen molar-refractivity contribution in [2.24, 2.45) is 0 Å². The SMILES string of the molecule is c1nc(Nc2ccc3ncsc3c2)c2nc(C3CCCCC3)sc2n1. The maximum Gasteiger partial charge on any atom is 0.161 e. The van der Waals surface area contributed by atoms with Crippen molar-refractivity contribution in [3.8, 4) is 0 Å². The first kappa shape index (κ1) is 15.2. The molecule has 3 aromatic heterocycles. The van der Waals surface area contributed by atoms with Gasteiger partial charge in [-0.05, 0) is 31.0 Å². The van der Waals surface area contributed by atoms with Gasteiger partial charge < -0.3 is 5.32 Å². The molecule has 1 N–H and O–H groups in total. The number of hydrogen-bond acceptors (Lipinski definition) is 7. The Morgan fingerprint density at radius 1 is 1.04 bits per heavy atom. The molecule has 0 atom stereocenters. The molecule has 1 fully saturated rings. The Bertz CT molecular complexity index is 1030. The number of benzene rings is 1. The van der Waals surface area contributed by atoms with Crippen LogP contribution in [0.2, 0.25) is 0 Å². The zero-order valence-electron chi connectivity index (χ0n) is 13.6. The van der Waals surface area contributed by atoms with Crippen molar-refractivity contribution in [3.05, 3.63) is 35.0 Å². The maximum absolute atomic E-state index is 4.91. The molecule has 0 amide bonds. The molecule has 3 heterocycles. The highest BCUT2D eigenvalue weighted by Gasteiger charge is 2.21. The van der Waals surface area contributed by atoms with Crippen LogP contribution in [0.1, 0.15) is 43.0 Å². The number of nitrogens with zero attached hydrogens (tertiary/aromatic N) is 4. The minimum Gasteiger partial charge on any atom is -0.338 e. The number of fused-ring (bicyclic) bond motifs is 2. The van der Waals surface area contributed by atoms with E-state index >= 15 is 0 Å². The van der Waals surface area contributed by atoms with Gasteiger partial charge in [0.15, 0.2) is 5.82 Å². The molecule has 1 aliphatic carbocycles. The smallest absolute Gasteiger partial charge is 0.161 e. The summed E-state index contributed by atoms with van der Waals surface area (Å²) < 4.78 is 1.16. The van der Waals surface area contributed by atoms with Crippen LogP contribution in [-0.4, -0.2) is 19.9 Å². The van der Waals surface area contributed by atoms with Crippen LogP contribution in [0.25, 0.3) is 20.6 Å². The predicted molar refractivity (Wildman–Crippen MR) is 104 cm³/mol. The van der Waals surface area contributed by atoms with Crippen LogP contribution in [0.5, 0.6) is 0 Å². The lowest BCUT2D eigenvalue weighted by Crippen LogP contribution is -2.03. The third-order valence-corrected chi connectivity index (χ3v) is 6.68. The van der Waals surface area contributed by atoms with Gasteiger partial charge in [-0.15, -0.1) is 11.3 Å². The average molecular weight is 368 g/mol. The van der Waals surface area contributed by atoms with Gasteiger partial charge in [-0.1, -0.05) is 30.6 Å². The van der Waals surface area contributed by atoms with Gasteiger partial charge in [0.05, 0.1) is 20.7 Å². The quantitative estimate of drug-likeness (QED) is 0.519. The van der Waals surface area contributed by atoms with Gasteiger partial charge in [0.1, 0.15) is 16.7 Å². The third-order valence-electron chi connectivity index (χ3n) is 4.76. The Kier molecular flexibility index (Phi) is 3.83. The van der Waals surface area contributed by atoms with Crippen LogP contribution >= 0.6 is 22.7 Å². The Morgan fingerprint density at radius 2 is 1.96 bits per heavy atom. The van der Waals surface area contributed by atoms with Gasteiger partial charge in [-0.25, -0.2) is 19.9 Å². The molecule has 126 valence electrons. The van der Waals surface area contributed by atoms with Crippen LogP contribution in [0, 0.1) is 0 Å². The largest absolute Gasteiger partial charge is 0.338 e. The molecule has 0 aliphatic heterocycles. The molecular weight excluding hydrogens is 350 g/mol. The lowest BCUT2D eigenvalue weighted by atomic mass is 9.90. The summed E-state index contributed by atoms with van der Waals surface area (Å²) in [6.45, 7) is 0. The number of hydrogen-bond donors (Lipinski definition) is 1. The first-order chi connectivity index (χ1) is 12.4. The summed E-state index contributed by atoms with van der Waals surface area (Å²) in [6, 6.07) is 6.17. The van der Waals surface area contributed by atoms with Gasteiger partial charge in [-0.2, -0.15) is 0 Å². The summed E-state index contributed by atoms with van der Waals surface area (Å²) in [5.41, 5.74) is 4.78. The highest BCUT2D eigenvalue weighted by atomic mass is 32.1. The van der Waals surface area contributed by atoms with E-state index < -0.39 is 0 Å². The molecule has 0 saturated heterocycles. The number of rotatable bonds is 3. The van der Waals surface area contributed by atoms with E-state index in [9.17, 15) is 0 Å². The standard InChI is InChI=1S/C18H17N5S2/c1-2-4-11(5-3-1)17-23-15-16(19-9-20-18(15)25-17)22-12-6-7-13-14(8-12)24-10-21-13/h6-11H,1-5H2,(H,19,20,22). The molecule has 0 unspecified atom stereocenters. The van der Waals surface area contributed by atoms with E-state index in [4.69, 9.17) is 4.98 Å². The first-order valence-corrected chi connectivity index (χ1v) is 10.3. The molecule has 5 rings (SSSR count). The maximum atomic E-state index is 4.91. The number of nitrogens with one attached hydrogen (secondary N) is 1. The first-order valence-electron chi connectivity index (χ1n) is 8.58. The second-order valence-electron chi connectivity index (χ2n) is 6.42. The van der Waals surface area contributed by atoms with Crippen molar-refractivity contribution in [3.63, 3.8) is 0 Å². The lowest BCUT2D eigenvalue weighted by Gasteiger charge is -2.18. The predicted octanol–water partition coefficient (Wildman–Crippen LogP) is 5.49. The molecule has 4 aromatic rings. The second-order valence-corrected chi connectivity index (χ2v) is 8.32. The highest BCUT2D eigenvalue weighted by molar-refractivity contribution is 7.18. The van der Waals surface area contributed by atoms with E-state index in [2.05, 4.69) is 26.3 Å². The highest BCUT2D eigenvalue weighted by Crippen LogP contribution is 2.37. The van der Waals surface area contributed by atoms with Crippen LogP contribution in [-0.2, 0) is 0 Å². The van der Waals surface area contributed by atoms with E-state index in [0.29, 0.717) is 5.92 Å². The van der Waals surface area contributed by atoms with Gasteiger partial charge >= 0.3 is 0 Å². The van der Waals surface area contributed by atoms with Crippen molar-refractivity contribution >= 4 is 54.7 Å². The average Bonchev–Trinajstić information content (AvgIpc) is 3.29. The Labute approximate surface area is 153 Å². The Hall–Kier alpha value is -2.12. The summed E-state index contributed by atoms with van der Waals surface area (Å²) in [7, 11) is 0. The summed E-state index contributed by atoms with van der Waals surface area (Å²) >= 11 is 3.36. The summed E-state index contributed by atoms with van der Waals surface area (Å²) in [6.07, 6.45) is 8.10. The monoisotopic (exact) mass is 367 g/mol. The Balaban J connectivity index is 1.50. The topological polar surface area (TPSA) is 63.6 Å². The zero-order valence-corrected chi connectivity index (χ0v) is 15.2. The summed E-state index contributed by atoms with van der Waals surface area (Å²) in [5, 5.41) is 4.64. The van der Waals surface area contributed by atoms with Gasteiger partial charge in [0.2, 0.25) is 0 Å². The zero-order chi connectivity index (χ0) is 16.6. The van der Waals surface area contributed by atoms with Crippen LogP contribution < -0.4 is 5.32 Å². The molecule has 1 saturated carbocycles. The molecule has 25 heavy (non-hydrogen) atoms. The molecular formula is C18H17N5S2. The van der Waals surface area contributed by atoms with Crippen molar-refractivity contribution in [1.82, 2.24) is 19.9 Å². The third kappa shape index (κ3) is 2.87.